The molecule has 0 fully saturated rings. The van der Waals surface area contributed by atoms with Gasteiger partial charge in [0, 0.05) is 22.8 Å². The van der Waals surface area contributed by atoms with Gasteiger partial charge in [0.15, 0.2) is 18.2 Å². The third kappa shape index (κ3) is 6.77. The summed E-state index contributed by atoms with van der Waals surface area (Å²) >= 11 is 0. The van der Waals surface area contributed by atoms with E-state index in [1.54, 1.807) is 79.4 Å². The molecule has 1 amide bonds. The average molecular weight is 582 g/mol. The number of amides is 1. The molecule has 0 radical (unpaired) electrons. The Bertz CT molecular complexity index is 1770. The van der Waals surface area contributed by atoms with Gasteiger partial charge in [-0.1, -0.05) is 12.1 Å². The van der Waals surface area contributed by atoms with Crippen molar-refractivity contribution >= 4 is 39.9 Å². The molecule has 14 heteroatoms. The second kappa shape index (κ2) is 11.0. The van der Waals surface area contributed by atoms with E-state index < -0.39 is 36.9 Å². The molecule has 0 aliphatic heterocycles. The standard InChI is InChI=1S/C28H26F3N7O4/c1-27(2,3)42-26(40)38-21-10-9-19(12-18(21)14-33-38)34-25-22-8-5-11-37(22)36-24(35-25)17-6-4-7-20(13-17)41-15-23(39)32-16-28(29,30)31/h4-14H,15-16H2,1-3H3,(H,32,39)(H,34,35,36). The molecule has 42 heavy (non-hydrogen) atoms. The minimum atomic E-state index is -4.51. The van der Waals surface area contributed by atoms with Crippen LogP contribution in [0.2, 0.25) is 0 Å². The highest BCUT2D eigenvalue weighted by Gasteiger charge is 2.27. The Hall–Kier alpha value is -5.14. The number of fused-ring (bicyclic) bond motifs is 2. The van der Waals surface area contributed by atoms with Gasteiger partial charge in [-0.2, -0.15) is 23.0 Å². The number of halogens is 3. The van der Waals surface area contributed by atoms with Gasteiger partial charge in [-0.3, -0.25) is 4.79 Å². The fourth-order valence-corrected chi connectivity index (χ4v) is 3.97. The molecule has 0 saturated carbocycles. The second-order valence-corrected chi connectivity index (χ2v) is 10.3. The van der Waals surface area contributed by atoms with Gasteiger partial charge in [-0.05, 0) is 63.2 Å². The average Bonchev–Trinajstić information content (AvgIpc) is 3.57. The maximum Gasteiger partial charge on any atom is 0.435 e. The fraction of sp³-hybridized carbons (Fsp3) is 0.250. The molecule has 0 bridgehead atoms. The van der Waals surface area contributed by atoms with Crippen LogP contribution in [0.25, 0.3) is 27.8 Å². The van der Waals surface area contributed by atoms with Gasteiger partial charge >= 0.3 is 12.3 Å². The van der Waals surface area contributed by atoms with Crippen LogP contribution in [0.15, 0.2) is 67.0 Å². The van der Waals surface area contributed by atoms with Crippen molar-refractivity contribution in [3.05, 3.63) is 67.0 Å². The number of carbonyl (C=O) groups excluding carboxylic acids is 2. The Morgan fingerprint density at radius 3 is 2.57 bits per heavy atom. The van der Waals surface area contributed by atoms with Gasteiger partial charge in [-0.25, -0.2) is 14.3 Å². The highest BCUT2D eigenvalue weighted by molar-refractivity contribution is 5.90. The van der Waals surface area contributed by atoms with E-state index in [9.17, 15) is 22.8 Å². The van der Waals surface area contributed by atoms with Crippen LogP contribution in [-0.2, 0) is 9.53 Å². The lowest BCUT2D eigenvalue weighted by atomic mass is 10.2. The number of rotatable bonds is 7. The maximum absolute atomic E-state index is 12.5. The van der Waals surface area contributed by atoms with Crippen molar-refractivity contribution in [2.45, 2.75) is 32.5 Å². The van der Waals surface area contributed by atoms with Gasteiger partial charge in [-0.15, -0.1) is 5.10 Å². The predicted octanol–water partition coefficient (Wildman–Crippen LogP) is 5.33. The lowest BCUT2D eigenvalue weighted by Gasteiger charge is -2.19. The topological polar surface area (TPSA) is 125 Å². The summed E-state index contributed by atoms with van der Waals surface area (Å²) in [6.45, 7) is 3.32. The summed E-state index contributed by atoms with van der Waals surface area (Å²) in [5, 5.41) is 14.5. The predicted molar refractivity (Wildman–Crippen MR) is 148 cm³/mol. The lowest BCUT2D eigenvalue weighted by molar-refractivity contribution is -0.139. The SMILES string of the molecule is CC(C)(C)OC(=O)n1ncc2cc(Nc3nc(-c4cccc(OCC(=O)NCC(F)(F)F)c4)nn4cccc34)ccc21. The van der Waals surface area contributed by atoms with Crippen LogP contribution in [0.5, 0.6) is 5.75 Å². The van der Waals surface area contributed by atoms with Gasteiger partial charge in [0.1, 0.15) is 23.4 Å². The second-order valence-electron chi connectivity index (χ2n) is 10.3. The number of hydrogen-bond donors (Lipinski definition) is 2. The number of aromatic nitrogens is 5. The molecule has 11 nitrogen and oxygen atoms in total. The zero-order chi connectivity index (χ0) is 30.1. The molecule has 0 saturated heterocycles. The van der Waals surface area contributed by atoms with Crippen LogP contribution in [0.1, 0.15) is 20.8 Å². The molecular weight excluding hydrogens is 555 g/mol. The highest BCUT2D eigenvalue weighted by atomic mass is 19.4. The number of alkyl halides is 3. The molecule has 218 valence electrons. The molecule has 0 spiro atoms. The third-order valence-electron chi connectivity index (χ3n) is 5.74. The van der Waals surface area contributed by atoms with Crippen LogP contribution in [0.4, 0.5) is 29.5 Å². The largest absolute Gasteiger partial charge is 0.484 e. The van der Waals surface area contributed by atoms with Crippen LogP contribution in [0.3, 0.4) is 0 Å². The quantitative estimate of drug-likeness (QED) is 0.264. The number of benzene rings is 2. The van der Waals surface area contributed by atoms with E-state index in [0.29, 0.717) is 39.3 Å². The zero-order valence-electron chi connectivity index (χ0n) is 22.8. The molecule has 0 aliphatic rings. The number of carbonyl (C=O) groups is 2. The van der Waals surface area contributed by atoms with Gasteiger partial charge in [0.25, 0.3) is 5.91 Å². The smallest absolute Gasteiger partial charge is 0.435 e. The van der Waals surface area contributed by atoms with Crippen molar-refractivity contribution in [1.82, 2.24) is 29.7 Å². The van der Waals surface area contributed by atoms with E-state index in [2.05, 4.69) is 20.5 Å². The Balaban J connectivity index is 1.37. The van der Waals surface area contributed by atoms with E-state index >= 15 is 0 Å². The van der Waals surface area contributed by atoms with Crippen molar-refractivity contribution in [2.24, 2.45) is 0 Å². The first-order valence-electron chi connectivity index (χ1n) is 12.7. The summed E-state index contributed by atoms with van der Waals surface area (Å²) in [4.78, 5) is 28.9. The molecule has 3 heterocycles. The summed E-state index contributed by atoms with van der Waals surface area (Å²) in [5.74, 6) is 0.171. The lowest BCUT2D eigenvalue weighted by Crippen LogP contribution is -2.36. The zero-order valence-corrected chi connectivity index (χ0v) is 22.8. The van der Waals surface area contributed by atoms with Gasteiger partial charge < -0.3 is 20.1 Å². The molecule has 0 atom stereocenters. The van der Waals surface area contributed by atoms with Crippen LogP contribution < -0.4 is 15.4 Å². The number of nitrogens with one attached hydrogen (secondary N) is 2. The Kier molecular flexibility index (Phi) is 7.45. The first-order valence-corrected chi connectivity index (χ1v) is 12.7. The van der Waals surface area contributed by atoms with E-state index in [4.69, 9.17) is 9.47 Å². The fourth-order valence-electron chi connectivity index (χ4n) is 3.97. The van der Waals surface area contributed by atoms with E-state index in [0.717, 1.165) is 0 Å². The summed E-state index contributed by atoms with van der Waals surface area (Å²) in [6.07, 6.45) is -1.77. The first-order chi connectivity index (χ1) is 19.8. The number of anilines is 2. The van der Waals surface area contributed by atoms with Crippen molar-refractivity contribution in [3.8, 4) is 17.1 Å². The monoisotopic (exact) mass is 581 g/mol. The summed E-state index contributed by atoms with van der Waals surface area (Å²) in [5.41, 5.74) is 1.84. The molecule has 2 aromatic carbocycles. The van der Waals surface area contributed by atoms with Crippen LogP contribution in [-0.4, -0.2) is 61.3 Å². The van der Waals surface area contributed by atoms with Crippen LogP contribution in [0, 0.1) is 0 Å². The molecule has 5 rings (SSSR count). The van der Waals surface area contributed by atoms with Crippen molar-refractivity contribution < 1.29 is 32.2 Å². The third-order valence-corrected chi connectivity index (χ3v) is 5.74. The Labute approximate surface area is 237 Å². The number of hydrogen-bond acceptors (Lipinski definition) is 8. The van der Waals surface area contributed by atoms with Gasteiger partial charge in [0.05, 0.1) is 11.7 Å². The number of ether oxygens (including phenoxy) is 2. The van der Waals surface area contributed by atoms with E-state index in [1.165, 1.54) is 4.68 Å². The van der Waals surface area contributed by atoms with Crippen molar-refractivity contribution in [3.63, 3.8) is 0 Å². The summed E-state index contributed by atoms with van der Waals surface area (Å²) in [7, 11) is 0. The van der Waals surface area contributed by atoms with Crippen LogP contribution >= 0.6 is 0 Å². The molecule has 0 unspecified atom stereocenters. The molecule has 5 aromatic rings. The summed E-state index contributed by atoms with van der Waals surface area (Å²) in [6, 6.07) is 15.6. The first kappa shape index (κ1) is 28.4. The Morgan fingerprint density at radius 2 is 1.81 bits per heavy atom. The van der Waals surface area contributed by atoms with Crippen molar-refractivity contribution in [2.75, 3.05) is 18.5 Å². The summed E-state index contributed by atoms with van der Waals surface area (Å²) < 4.78 is 50.6. The van der Waals surface area contributed by atoms with Gasteiger partial charge in [0.2, 0.25) is 0 Å². The van der Waals surface area contributed by atoms with E-state index in [1.807, 2.05) is 18.2 Å². The molecule has 3 aromatic heterocycles. The minimum Gasteiger partial charge on any atom is -0.484 e. The highest BCUT2D eigenvalue weighted by Crippen LogP contribution is 2.28. The number of nitrogens with zero attached hydrogens (tertiary/aromatic N) is 5. The molecular formula is C28H26F3N7O4. The van der Waals surface area contributed by atoms with E-state index in [-0.39, 0.29) is 5.75 Å². The minimum absolute atomic E-state index is 0.257. The molecule has 2 N–H and O–H groups in total. The molecule has 0 aliphatic carbocycles. The van der Waals surface area contributed by atoms with Crippen molar-refractivity contribution in [1.29, 1.82) is 0 Å². The maximum atomic E-state index is 12.5. The normalized spacial score (nSPS) is 12.0. The Morgan fingerprint density at radius 1 is 1.00 bits per heavy atom.